The smallest absolute Gasteiger partial charge is 0.384 e. The second kappa shape index (κ2) is 4.79. The highest BCUT2D eigenvalue weighted by atomic mass is 32.2. The summed E-state index contributed by atoms with van der Waals surface area (Å²) in [6, 6.07) is 2.02. The van der Waals surface area contributed by atoms with E-state index in [1.165, 1.54) is 6.07 Å². The van der Waals surface area contributed by atoms with Gasteiger partial charge in [0.25, 0.3) is 0 Å². The van der Waals surface area contributed by atoms with Crippen LogP contribution in [0.4, 0.5) is 13.2 Å². The van der Waals surface area contributed by atoms with Gasteiger partial charge in [0.1, 0.15) is 16.6 Å². The molecular weight excluding hydrogens is 263 g/mol. The molecule has 0 aliphatic rings. The van der Waals surface area contributed by atoms with Crippen LogP contribution in [0.3, 0.4) is 0 Å². The first kappa shape index (κ1) is 14.8. The number of amidine groups is 1. The van der Waals surface area contributed by atoms with Gasteiger partial charge in [-0.05, 0) is 12.1 Å². The zero-order valence-electron chi connectivity index (χ0n) is 10.2. The summed E-state index contributed by atoms with van der Waals surface area (Å²) in [6.07, 6.45) is -4.50. The molecule has 7 heteroatoms. The third-order valence-electron chi connectivity index (χ3n) is 1.84. The highest BCUT2D eigenvalue weighted by Crippen LogP contribution is 2.35. The van der Waals surface area contributed by atoms with Crippen molar-refractivity contribution in [3.63, 3.8) is 0 Å². The van der Waals surface area contributed by atoms with Crippen molar-refractivity contribution < 1.29 is 13.2 Å². The van der Waals surface area contributed by atoms with E-state index in [9.17, 15) is 13.2 Å². The molecule has 18 heavy (non-hydrogen) atoms. The average molecular weight is 277 g/mol. The Balaban J connectivity index is 3.29. The number of nitrogens with one attached hydrogen (secondary N) is 1. The first-order valence-electron chi connectivity index (χ1n) is 5.12. The summed E-state index contributed by atoms with van der Waals surface area (Å²) in [5, 5.41) is 7.48. The van der Waals surface area contributed by atoms with Gasteiger partial charge in [0, 0.05) is 10.3 Å². The summed E-state index contributed by atoms with van der Waals surface area (Å²) in [6.45, 7) is 5.55. The molecule has 3 nitrogen and oxygen atoms in total. The molecule has 0 spiro atoms. The van der Waals surface area contributed by atoms with E-state index in [-0.39, 0.29) is 21.2 Å². The van der Waals surface area contributed by atoms with E-state index in [1.807, 2.05) is 20.8 Å². The maximum atomic E-state index is 12.6. The molecule has 0 saturated heterocycles. The summed E-state index contributed by atoms with van der Waals surface area (Å²) in [4.78, 5) is 3.57. The normalized spacial score (nSPS) is 12.6. The van der Waals surface area contributed by atoms with Gasteiger partial charge in [-0.3, -0.25) is 5.41 Å². The Morgan fingerprint density at radius 3 is 2.22 bits per heavy atom. The quantitative estimate of drug-likeness (QED) is 0.495. The number of halogens is 3. The Bertz CT molecular complexity index is 464. The molecule has 0 amide bonds. The van der Waals surface area contributed by atoms with Gasteiger partial charge in [-0.25, -0.2) is 4.98 Å². The number of aromatic nitrogens is 1. The fraction of sp³-hybridized carbons (Fsp3) is 0.455. The van der Waals surface area contributed by atoms with Gasteiger partial charge < -0.3 is 5.73 Å². The van der Waals surface area contributed by atoms with Crippen molar-refractivity contribution in [2.24, 2.45) is 5.73 Å². The molecule has 0 bridgehead atoms. The van der Waals surface area contributed by atoms with Gasteiger partial charge in [-0.2, -0.15) is 13.2 Å². The summed E-state index contributed by atoms with van der Waals surface area (Å²) in [5.41, 5.74) is 4.59. The van der Waals surface area contributed by atoms with Crippen LogP contribution in [0, 0.1) is 5.41 Å². The average Bonchev–Trinajstić information content (AvgIpc) is 2.12. The molecule has 1 heterocycles. The summed E-state index contributed by atoms with van der Waals surface area (Å²) in [5.74, 6) is -0.289. The number of rotatable bonds is 2. The van der Waals surface area contributed by atoms with Crippen LogP contribution in [0.5, 0.6) is 0 Å². The maximum Gasteiger partial charge on any atom is 0.433 e. The van der Waals surface area contributed by atoms with Crippen LogP contribution in [0.1, 0.15) is 32.0 Å². The van der Waals surface area contributed by atoms with Crippen molar-refractivity contribution in [1.29, 1.82) is 5.41 Å². The van der Waals surface area contributed by atoms with Crippen LogP contribution >= 0.6 is 11.8 Å². The molecular formula is C11H14F3N3S. The second-order valence-electron chi connectivity index (χ2n) is 4.68. The van der Waals surface area contributed by atoms with Crippen LogP contribution in [0.2, 0.25) is 0 Å². The molecule has 100 valence electrons. The first-order chi connectivity index (χ1) is 8.00. The van der Waals surface area contributed by atoms with E-state index in [1.54, 1.807) is 0 Å². The minimum Gasteiger partial charge on any atom is -0.384 e. The van der Waals surface area contributed by atoms with Crippen LogP contribution in [-0.2, 0) is 6.18 Å². The number of hydrogen-bond donors (Lipinski definition) is 2. The van der Waals surface area contributed by atoms with E-state index < -0.39 is 11.9 Å². The Morgan fingerprint density at radius 1 is 1.28 bits per heavy atom. The van der Waals surface area contributed by atoms with E-state index in [0.717, 1.165) is 17.8 Å². The van der Waals surface area contributed by atoms with Gasteiger partial charge in [0.05, 0.1) is 0 Å². The van der Waals surface area contributed by atoms with Crippen molar-refractivity contribution in [3.05, 3.63) is 23.4 Å². The molecule has 0 atom stereocenters. The maximum absolute atomic E-state index is 12.6. The number of thioether (sulfide) groups is 1. The molecule has 0 unspecified atom stereocenters. The Hall–Kier alpha value is -1.24. The second-order valence-corrected chi connectivity index (χ2v) is 6.49. The van der Waals surface area contributed by atoms with E-state index in [2.05, 4.69) is 4.98 Å². The third-order valence-corrected chi connectivity index (χ3v) is 2.96. The summed E-state index contributed by atoms with van der Waals surface area (Å²) in [7, 11) is 0. The minimum atomic E-state index is -4.50. The SMILES string of the molecule is CC(C)(C)Sc1nc(C(F)(F)F)ccc1C(=N)N. The van der Waals surface area contributed by atoms with Crippen LogP contribution < -0.4 is 5.73 Å². The van der Waals surface area contributed by atoms with Gasteiger partial charge in [-0.15, -0.1) is 0 Å². The lowest BCUT2D eigenvalue weighted by Crippen LogP contribution is -2.18. The number of nitrogens with zero attached hydrogens (tertiary/aromatic N) is 1. The Labute approximate surface area is 107 Å². The van der Waals surface area contributed by atoms with Crippen molar-refractivity contribution >= 4 is 17.6 Å². The lowest BCUT2D eigenvalue weighted by Gasteiger charge is -2.19. The molecule has 0 saturated carbocycles. The van der Waals surface area contributed by atoms with Crippen molar-refractivity contribution in [2.45, 2.75) is 36.7 Å². The number of nitrogen functional groups attached to an aromatic ring is 1. The van der Waals surface area contributed by atoms with Gasteiger partial charge >= 0.3 is 6.18 Å². The molecule has 1 aromatic heterocycles. The molecule has 0 aliphatic heterocycles. The lowest BCUT2D eigenvalue weighted by molar-refractivity contribution is -0.141. The number of pyridine rings is 1. The number of alkyl halides is 3. The monoisotopic (exact) mass is 277 g/mol. The highest BCUT2D eigenvalue weighted by Gasteiger charge is 2.33. The van der Waals surface area contributed by atoms with Crippen LogP contribution in [0.25, 0.3) is 0 Å². The Kier molecular flexibility index (Phi) is 3.95. The number of nitrogens with two attached hydrogens (primary N) is 1. The predicted molar refractivity (Wildman–Crippen MR) is 65.9 cm³/mol. The molecule has 1 rings (SSSR count). The zero-order valence-corrected chi connectivity index (χ0v) is 11.0. The van der Waals surface area contributed by atoms with Crippen LogP contribution in [-0.4, -0.2) is 15.6 Å². The topological polar surface area (TPSA) is 62.8 Å². The standard InChI is InChI=1S/C11H14F3N3S/c1-10(2,3)18-9-6(8(15)16)4-5-7(17-9)11(12,13)14/h4-5H,1-3H3,(H3,15,16). The molecule has 0 aromatic carbocycles. The fourth-order valence-corrected chi connectivity index (χ4v) is 2.18. The van der Waals surface area contributed by atoms with Crippen molar-refractivity contribution in [3.8, 4) is 0 Å². The van der Waals surface area contributed by atoms with E-state index in [4.69, 9.17) is 11.1 Å². The molecule has 3 N–H and O–H groups in total. The summed E-state index contributed by atoms with van der Waals surface area (Å²) < 4.78 is 37.4. The molecule has 0 aliphatic carbocycles. The predicted octanol–water partition coefficient (Wildman–Crippen LogP) is 3.28. The third kappa shape index (κ3) is 3.90. The van der Waals surface area contributed by atoms with Gasteiger partial charge in [0.2, 0.25) is 0 Å². The van der Waals surface area contributed by atoms with Crippen molar-refractivity contribution in [1.82, 2.24) is 4.98 Å². The van der Waals surface area contributed by atoms with Gasteiger partial charge in [-0.1, -0.05) is 32.5 Å². The lowest BCUT2D eigenvalue weighted by atomic mass is 10.2. The van der Waals surface area contributed by atoms with Crippen molar-refractivity contribution in [2.75, 3.05) is 0 Å². The van der Waals surface area contributed by atoms with Crippen LogP contribution in [0.15, 0.2) is 17.2 Å². The van der Waals surface area contributed by atoms with E-state index in [0.29, 0.717) is 0 Å². The first-order valence-corrected chi connectivity index (χ1v) is 5.94. The molecule has 0 fully saturated rings. The van der Waals surface area contributed by atoms with Gasteiger partial charge in [0.15, 0.2) is 0 Å². The molecule has 1 aromatic rings. The molecule has 0 radical (unpaired) electrons. The zero-order chi connectivity index (χ0) is 14.1. The highest BCUT2D eigenvalue weighted by molar-refractivity contribution is 8.00. The fourth-order valence-electron chi connectivity index (χ4n) is 1.17. The van der Waals surface area contributed by atoms with E-state index >= 15 is 0 Å². The minimum absolute atomic E-state index is 0.129. The largest absolute Gasteiger partial charge is 0.433 e. The Morgan fingerprint density at radius 2 is 1.83 bits per heavy atom. The summed E-state index contributed by atoms with van der Waals surface area (Å²) >= 11 is 1.15. The number of hydrogen-bond acceptors (Lipinski definition) is 3.